The maximum absolute atomic E-state index is 11.6. The smallest absolute Gasteiger partial charge is 0.173 e. The van der Waals surface area contributed by atoms with Gasteiger partial charge in [0.05, 0.1) is 0 Å². The monoisotopic (exact) mass is 328 g/mol. The molecule has 1 unspecified atom stereocenters. The summed E-state index contributed by atoms with van der Waals surface area (Å²) < 4.78 is 5.66. The Morgan fingerprint density at radius 1 is 0.917 bits per heavy atom. The van der Waals surface area contributed by atoms with E-state index < -0.39 is 0 Å². The van der Waals surface area contributed by atoms with Crippen LogP contribution in [0.4, 0.5) is 0 Å². The first-order valence-corrected chi connectivity index (χ1v) is 8.93. The Kier molecular flexibility index (Phi) is 13.2. The number of hydrogen-bond donors (Lipinski definition) is 0. The van der Waals surface area contributed by atoms with Gasteiger partial charge in [-0.05, 0) is 25.5 Å². The standard InChI is InChI=1S/C13H18O2.C7H8.C2H6/c1-3-8-13(12(14)4-2)15-11-9-6-5-7-10-11;1-7-5-3-2-4-6-7;1-2/h5-7,9-10,13H,3-4,8H2,1-2H3;2-6H,1H3;1-2H3. The topological polar surface area (TPSA) is 26.3 Å². The molecule has 0 heterocycles. The number of para-hydroxylation sites is 1. The van der Waals surface area contributed by atoms with Crippen molar-refractivity contribution in [2.75, 3.05) is 0 Å². The summed E-state index contributed by atoms with van der Waals surface area (Å²) in [5.74, 6) is 0.957. The van der Waals surface area contributed by atoms with E-state index in [-0.39, 0.29) is 11.9 Å². The average molecular weight is 328 g/mol. The van der Waals surface area contributed by atoms with Gasteiger partial charge in [-0.3, -0.25) is 4.79 Å². The second-order valence-electron chi connectivity index (χ2n) is 5.18. The third kappa shape index (κ3) is 9.83. The van der Waals surface area contributed by atoms with Gasteiger partial charge in [-0.2, -0.15) is 0 Å². The van der Waals surface area contributed by atoms with Crippen molar-refractivity contribution in [2.45, 2.75) is 60.0 Å². The third-order valence-electron chi connectivity index (χ3n) is 3.22. The quantitative estimate of drug-likeness (QED) is 0.628. The van der Waals surface area contributed by atoms with Crippen molar-refractivity contribution in [2.24, 2.45) is 0 Å². The molecule has 0 aliphatic rings. The van der Waals surface area contributed by atoms with E-state index in [4.69, 9.17) is 4.74 Å². The molecule has 0 saturated heterocycles. The van der Waals surface area contributed by atoms with Gasteiger partial charge in [0.2, 0.25) is 0 Å². The number of aryl methyl sites for hydroxylation is 1. The molecule has 2 rings (SSSR count). The summed E-state index contributed by atoms with van der Waals surface area (Å²) in [5.41, 5.74) is 1.32. The van der Waals surface area contributed by atoms with E-state index in [9.17, 15) is 4.79 Å². The number of carbonyl (C=O) groups excluding carboxylic acids is 1. The molecule has 132 valence electrons. The van der Waals surface area contributed by atoms with Crippen LogP contribution in [-0.2, 0) is 4.79 Å². The maximum atomic E-state index is 11.6. The van der Waals surface area contributed by atoms with Crippen molar-refractivity contribution >= 4 is 5.78 Å². The largest absolute Gasteiger partial charge is 0.483 e. The van der Waals surface area contributed by atoms with Gasteiger partial charge in [-0.25, -0.2) is 0 Å². The van der Waals surface area contributed by atoms with Crippen LogP contribution in [0.3, 0.4) is 0 Å². The zero-order chi connectivity index (χ0) is 18.2. The van der Waals surface area contributed by atoms with Crippen molar-refractivity contribution in [3.05, 3.63) is 66.2 Å². The van der Waals surface area contributed by atoms with Gasteiger partial charge in [-0.15, -0.1) is 0 Å². The second kappa shape index (κ2) is 14.5. The Hall–Kier alpha value is -2.09. The van der Waals surface area contributed by atoms with Crippen LogP contribution in [0, 0.1) is 6.92 Å². The molecule has 0 bridgehead atoms. The highest BCUT2D eigenvalue weighted by Crippen LogP contribution is 2.14. The van der Waals surface area contributed by atoms with Crippen LogP contribution in [0.1, 0.15) is 52.5 Å². The SMILES string of the molecule is CC.CCCC(Oc1ccccc1)C(=O)CC.Cc1ccccc1. The molecular weight excluding hydrogens is 296 g/mol. The van der Waals surface area contributed by atoms with Crippen LogP contribution in [-0.4, -0.2) is 11.9 Å². The molecule has 2 aromatic carbocycles. The van der Waals surface area contributed by atoms with Crippen molar-refractivity contribution < 1.29 is 9.53 Å². The second-order valence-corrected chi connectivity index (χ2v) is 5.18. The van der Waals surface area contributed by atoms with E-state index in [0.717, 1.165) is 18.6 Å². The van der Waals surface area contributed by atoms with Gasteiger partial charge < -0.3 is 4.74 Å². The van der Waals surface area contributed by atoms with E-state index in [2.05, 4.69) is 26.0 Å². The minimum atomic E-state index is -0.276. The summed E-state index contributed by atoms with van der Waals surface area (Å²) in [6.07, 6.45) is 2.02. The summed E-state index contributed by atoms with van der Waals surface area (Å²) in [7, 11) is 0. The third-order valence-corrected chi connectivity index (χ3v) is 3.22. The lowest BCUT2D eigenvalue weighted by Crippen LogP contribution is -2.26. The van der Waals surface area contributed by atoms with E-state index >= 15 is 0 Å². The van der Waals surface area contributed by atoms with Crippen molar-refractivity contribution in [3.63, 3.8) is 0 Å². The molecule has 0 radical (unpaired) electrons. The molecule has 2 nitrogen and oxygen atoms in total. The summed E-state index contributed by atoms with van der Waals surface area (Å²) in [6, 6.07) is 19.8. The number of rotatable bonds is 6. The molecule has 1 atom stereocenters. The molecule has 0 spiro atoms. The Morgan fingerprint density at radius 2 is 1.42 bits per heavy atom. The lowest BCUT2D eigenvalue weighted by atomic mass is 10.1. The Labute approximate surface area is 147 Å². The van der Waals surface area contributed by atoms with Gasteiger partial charge in [0.15, 0.2) is 11.9 Å². The number of benzene rings is 2. The van der Waals surface area contributed by atoms with Crippen molar-refractivity contribution in [3.8, 4) is 5.75 Å². The van der Waals surface area contributed by atoms with E-state index in [0.29, 0.717) is 6.42 Å². The highest BCUT2D eigenvalue weighted by Gasteiger charge is 2.16. The fraction of sp³-hybridized carbons (Fsp3) is 0.409. The Balaban J connectivity index is 0.000000488. The zero-order valence-electron chi connectivity index (χ0n) is 15.8. The van der Waals surface area contributed by atoms with Gasteiger partial charge in [0, 0.05) is 6.42 Å². The predicted octanol–water partition coefficient (Wildman–Crippen LogP) is 6.23. The predicted molar refractivity (Wildman–Crippen MR) is 104 cm³/mol. The van der Waals surface area contributed by atoms with Crippen LogP contribution in [0.15, 0.2) is 60.7 Å². The molecule has 0 fully saturated rings. The van der Waals surface area contributed by atoms with Crippen LogP contribution in [0.5, 0.6) is 5.75 Å². The molecule has 0 aromatic heterocycles. The van der Waals surface area contributed by atoms with Crippen LogP contribution in [0.25, 0.3) is 0 Å². The highest BCUT2D eigenvalue weighted by molar-refractivity contribution is 5.83. The van der Waals surface area contributed by atoms with Gasteiger partial charge in [-0.1, -0.05) is 88.2 Å². The molecule has 0 aliphatic carbocycles. The molecule has 0 N–H and O–H groups in total. The lowest BCUT2D eigenvalue weighted by molar-refractivity contribution is -0.125. The molecule has 0 saturated carbocycles. The minimum absolute atomic E-state index is 0.181. The maximum Gasteiger partial charge on any atom is 0.173 e. The van der Waals surface area contributed by atoms with Crippen LogP contribution >= 0.6 is 0 Å². The van der Waals surface area contributed by atoms with E-state index in [1.165, 1.54) is 5.56 Å². The molecule has 0 aliphatic heterocycles. The normalized spacial score (nSPS) is 10.4. The number of Topliss-reactive ketones (excluding diaryl/α,β-unsaturated/α-hetero) is 1. The first kappa shape index (κ1) is 21.9. The lowest BCUT2D eigenvalue weighted by Gasteiger charge is -2.16. The average Bonchev–Trinajstić information content (AvgIpc) is 2.64. The molecule has 0 amide bonds. The van der Waals surface area contributed by atoms with Crippen molar-refractivity contribution in [1.29, 1.82) is 0 Å². The van der Waals surface area contributed by atoms with Gasteiger partial charge in [0.25, 0.3) is 0 Å². The Morgan fingerprint density at radius 3 is 1.79 bits per heavy atom. The van der Waals surface area contributed by atoms with Gasteiger partial charge >= 0.3 is 0 Å². The van der Waals surface area contributed by atoms with E-state index in [1.807, 2.05) is 69.3 Å². The summed E-state index contributed by atoms with van der Waals surface area (Å²) in [6.45, 7) is 10.0. The van der Waals surface area contributed by atoms with E-state index in [1.54, 1.807) is 0 Å². The fourth-order valence-electron chi connectivity index (χ4n) is 1.97. The van der Waals surface area contributed by atoms with Crippen LogP contribution in [0.2, 0.25) is 0 Å². The number of ketones is 1. The van der Waals surface area contributed by atoms with Crippen LogP contribution < -0.4 is 4.74 Å². The van der Waals surface area contributed by atoms with Crippen molar-refractivity contribution in [1.82, 2.24) is 0 Å². The molecular formula is C22H32O2. The molecule has 24 heavy (non-hydrogen) atoms. The minimum Gasteiger partial charge on any atom is -0.483 e. The first-order chi connectivity index (χ1) is 11.7. The van der Waals surface area contributed by atoms with Gasteiger partial charge in [0.1, 0.15) is 5.75 Å². The molecule has 2 heteroatoms. The molecule has 2 aromatic rings. The summed E-state index contributed by atoms with van der Waals surface area (Å²) in [4.78, 5) is 11.6. The Bertz CT molecular complexity index is 520. The zero-order valence-corrected chi connectivity index (χ0v) is 15.8. The fourth-order valence-corrected chi connectivity index (χ4v) is 1.97. The summed E-state index contributed by atoms with van der Waals surface area (Å²) >= 11 is 0. The number of ether oxygens (including phenoxy) is 1. The number of carbonyl (C=O) groups is 1. The highest BCUT2D eigenvalue weighted by atomic mass is 16.5. The summed E-state index contributed by atoms with van der Waals surface area (Å²) in [5, 5.41) is 0. The number of hydrogen-bond acceptors (Lipinski definition) is 2. The first-order valence-electron chi connectivity index (χ1n) is 8.93.